The third-order valence-corrected chi connectivity index (χ3v) is 3.47. The number of halogens is 2. The minimum Gasteiger partial charge on any atom is -0.496 e. The van der Waals surface area contributed by atoms with E-state index in [1.165, 1.54) is 33.5 Å². The number of esters is 1. The average Bonchev–Trinajstić information content (AvgIpc) is 2.67. The van der Waals surface area contributed by atoms with E-state index >= 15 is 0 Å². The van der Waals surface area contributed by atoms with Gasteiger partial charge in [-0.3, -0.25) is 4.79 Å². The molecule has 27 heavy (non-hydrogen) atoms. The number of hydrogen-bond donors (Lipinski definition) is 1. The summed E-state index contributed by atoms with van der Waals surface area (Å²) in [6.07, 6.45) is 0. The minimum absolute atomic E-state index is 0.0101. The molecular formula is C18H17F2NO6. The first kappa shape index (κ1) is 20.0. The summed E-state index contributed by atoms with van der Waals surface area (Å²) in [5, 5.41) is 2.18. The molecule has 9 heteroatoms. The van der Waals surface area contributed by atoms with Crippen LogP contribution in [0.2, 0.25) is 0 Å². The summed E-state index contributed by atoms with van der Waals surface area (Å²) in [7, 11) is 4.17. The molecule has 0 unspecified atom stereocenters. The Kier molecular flexibility index (Phi) is 6.53. The molecule has 0 bridgehead atoms. The number of ether oxygens (including phenoxy) is 4. The summed E-state index contributed by atoms with van der Waals surface area (Å²) >= 11 is 0. The van der Waals surface area contributed by atoms with Crippen molar-refractivity contribution >= 4 is 17.6 Å². The van der Waals surface area contributed by atoms with Gasteiger partial charge in [-0.05, 0) is 12.1 Å². The van der Waals surface area contributed by atoms with Gasteiger partial charge < -0.3 is 24.3 Å². The van der Waals surface area contributed by atoms with Gasteiger partial charge in [0.2, 0.25) is 0 Å². The van der Waals surface area contributed by atoms with Gasteiger partial charge >= 0.3 is 5.97 Å². The van der Waals surface area contributed by atoms with Gasteiger partial charge in [-0.1, -0.05) is 0 Å². The van der Waals surface area contributed by atoms with Crippen LogP contribution in [-0.2, 0) is 9.53 Å². The van der Waals surface area contributed by atoms with E-state index in [1.807, 2.05) is 0 Å². The quantitative estimate of drug-likeness (QED) is 0.743. The molecule has 7 nitrogen and oxygen atoms in total. The number of nitrogens with one attached hydrogen (secondary N) is 1. The highest BCUT2D eigenvalue weighted by atomic mass is 19.1. The van der Waals surface area contributed by atoms with Crippen molar-refractivity contribution < 1.29 is 37.3 Å². The number of carbonyl (C=O) groups excluding carboxylic acids is 2. The summed E-state index contributed by atoms with van der Waals surface area (Å²) in [4.78, 5) is 24.1. The molecule has 2 aromatic rings. The van der Waals surface area contributed by atoms with E-state index in [9.17, 15) is 18.4 Å². The summed E-state index contributed by atoms with van der Waals surface area (Å²) in [5.41, 5.74) is -0.225. The molecule has 0 saturated heterocycles. The molecule has 0 heterocycles. The Labute approximate surface area is 153 Å². The van der Waals surface area contributed by atoms with Crippen molar-refractivity contribution in [2.24, 2.45) is 0 Å². The number of methoxy groups -OCH3 is 3. The van der Waals surface area contributed by atoms with Crippen molar-refractivity contribution in [2.45, 2.75) is 0 Å². The van der Waals surface area contributed by atoms with E-state index in [-0.39, 0.29) is 22.7 Å². The summed E-state index contributed by atoms with van der Waals surface area (Å²) in [6.45, 7) is -0.687. The lowest BCUT2D eigenvalue weighted by Gasteiger charge is -2.13. The number of hydrogen-bond acceptors (Lipinski definition) is 6. The van der Waals surface area contributed by atoms with Crippen molar-refractivity contribution in [3.8, 4) is 17.2 Å². The maximum atomic E-state index is 13.5. The standard InChI is InChI=1S/C18H17F2NO6/c1-24-14-8-16(26-3)15(25-2)7-11(14)18(23)27-9-17(22)21-13-5-4-10(19)6-12(13)20/h4-8H,9H2,1-3H3,(H,21,22). The van der Waals surface area contributed by atoms with E-state index in [0.717, 1.165) is 12.1 Å². The summed E-state index contributed by atoms with van der Waals surface area (Å²) < 4.78 is 46.6. The highest BCUT2D eigenvalue weighted by Crippen LogP contribution is 2.34. The van der Waals surface area contributed by atoms with Crippen LogP contribution in [-0.4, -0.2) is 39.8 Å². The summed E-state index contributed by atoms with van der Waals surface area (Å²) in [6, 6.07) is 5.44. The molecule has 0 aromatic heterocycles. The molecule has 144 valence electrons. The predicted octanol–water partition coefficient (Wildman–Crippen LogP) is 2.79. The van der Waals surface area contributed by atoms with Crippen LogP contribution < -0.4 is 19.5 Å². The van der Waals surface area contributed by atoms with Crippen LogP contribution in [0.4, 0.5) is 14.5 Å². The lowest BCUT2D eigenvalue weighted by molar-refractivity contribution is -0.119. The highest BCUT2D eigenvalue weighted by Gasteiger charge is 2.20. The number of anilines is 1. The maximum Gasteiger partial charge on any atom is 0.342 e. The third-order valence-electron chi connectivity index (χ3n) is 3.47. The second-order valence-corrected chi connectivity index (χ2v) is 5.16. The van der Waals surface area contributed by atoms with Crippen LogP contribution in [0.5, 0.6) is 17.2 Å². The van der Waals surface area contributed by atoms with Gasteiger partial charge in [-0.15, -0.1) is 0 Å². The largest absolute Gasteiger partial charge is 0.496 e. The highest BCUT2D eigenvalue weighted by molar-refractivity contribution is 5.97. The smallest absolute Gasteiger partial charge is 0.342 e. The van der Waals surface area contributed by atoms with E-state index in [4.69, 9.17) is 18.9 Å². The van der Waals surface area contributed by atoms with Crippen LogP contribution in [0.25, 0.3) is 0 Å². The zero-order chi connectivity index (χ0) is 20.0. The fraction of sp³-hybridized carbons (Fsp3) is 0.222. The van der Waals surface area contributed by atoms with E-state index < -0.39 is 30.1 Å². The molecule has 1 N–H and O–H groups in total. The molecule has 2 aromatic carbocycles. The first-order valence-electron chi connectivity index (χ1n) is 7.61. The normalized spacial score (nSPS) is 10.1. The van der Waals surface area contributed by atoms with Crippen LogP contribution in [0.3, 0.4) is 0 Å². The van der Waals surface area contributed by atoms with Crippen LogP contribution in [0.15, 0.2) is 30.3 Å². The average molecular weight is 381 g/mol. The molecule has 0 fully saturated rings. The van der Waals surface area contributed by atoms with Gasteiger partial charge in [0.15, 0.2) is 18.1 Å². The molecule has 0 radical (unpaired) electrons. The molecule has 1 amide bonds. The second-order valence-electron chi connectivity index (χ2n) is 5.16. The first-order chi connectivity index (χ1) is 12.9. The summed E-state index contributed by atoms with van der Waals surface area (Å²) in [5.74, 6) is -2.62. The van der Waals surface area contributed by atoms with E-state index in [0.29, 0.717) is 11.8 Å². The van der Waals surface area contributed by atoms with Gasteiger partial charge in [-0.2, -0.15) is 0 Å². The molecule has 0 aliphatic rings. The number of amides is 1. The molecule has 0 spiro atoms. The minimum atomic E-state index is -0.948. The second kappa shape index (κ2) is 8.84. The molecule has 0 atom stereocenters. The SMILES string of the molecule is COc1cc(OC)c(C(=O)OCC(=O)Nc2ccc(F)cc2F)cc1OC. The van der Waals surface area contributed by atoms with Crippen molar-refractivity contribution in [3.63, 3.8) is 0 Å². The predicted molar refractivity (Wildman–Crippen MR) is 91.4 cm³/mol. The Balaban J connectivity index is 2.07. The van der Waals surface area contributed by atoms with Crippen LogP contribution in [0.1, 0.15) is 10.4 Å². The number of carbonyl (C=O) groups is 2. The zero-order valence-electron chi connectivity index (χ0n) is 14.8. The van der Waals surface area contributed by atoms with Crippen LogP contribution in [0, 0.1) is 11.6 Å². The Hall–Kier alpha value is -3.36. The lowest BCUT2D eigenvalue weighted by atomic mass is 10.1. The number of rotatable bonds is 7. The molecule has 2 rings (SSSR count). The monoisotopic (exact) mass is 381 g/mol. The molecule has 0 aliphatic carbocycles. The fourth-order valence-electron chi connectivity index (χ4n) is 2.17. The Morgan fingerprint density at radius 2 is 1.56 bits per heavy atom. The van der Waals surface area contributed by atoms with Crippen molar-refractivity contribution in [3.05, 3.63) is 47.5 Å². The molecule has 0 aliphatic heterocycles. The van der Waals surface area contributed by atoms with Gasteiger partial charge in [-0.25, -0.2) is 13.6 Å². The van der Waals surface area contributed by atoms with E-state index in [1.54, 1.807) is 0 Å². The third kappa shape index (κ3) is 4.84. The fourth-order valence-corrected chi connectivity index (χ4v) is 2.17. The van der Waals surface area contributed by atoms with Crippen molar-refractivity contribution in [1.29, 1.82) is 0 Å². The molecular weight excluding hydrogens is 364 g/mol. The van der Waals surface area contributed by atoms with Crippen LogP contribution >= 0.6 is 0 Å². The molecule has 0 saturated carbocycles. The number of benzene rings is 2. The van der Waals surface area contributed by atoms with E-state index in [2.05, 4.69) is 5.32 Å². The maximum absolute atomic E-state index is 13.5. The Morgan fingerprint density at radius 3 is 2.15 bits per heavy atom. The first-order valence-corrected chi connectivity index (χ1v) is 7.61. The van der Waals surface area contributed by atoms with Gasteiger partial charge in [0.05, 0.1) is 27.0 Å². The lowest BCUT2D eigenvalue weighted by Crippen LogP contribution is -2.21. The van der Waals surface area contributed by atoms with Gasteiger partial charge in [0.25, 0.3) is 5.91 Å². The van der Waals surface area contributed by atoms with Crippen molar-refractivity contribution in [2.75, 3.05) is 33.3 Å². The topological polar surface area (TPSA) is 83.1 Å². The van der Waals surface area contributed by atoms with Gasteiger partial charge in [0, 0.05) is 18.2 Å². The van der Waals surface area contributed by atoms with Gasteiger partial charge in [0.1, 0.15) is 22.9 Å². The van der Waals surface area contributed by atoms with Crippen molar-refractivity contribution in [1.82, 2.24) is 0 Å². The Bertz CT molecular complexity index is 856. The zero-order valence-corrected chi connectivity index (χ0v) is 14.8. The Morgan fingerprint density at radius 1 is 0.926 bits per heavy atom.